The van der Waals surface area contributed by atoms with Gasteiger partial charge in [0.05, 0.1) is 18.1 Å². The lowest BCUT2D eigenvalue weighted by molar-refractivity contribution is -0.132. The van der Waals surface area contributed by atoms with Gasteiger partial charge in [0, 0.05) is 43.9 Å². The highest BCUT2D eigenvalue weighted by Gasteiger charge is 2.34. The quantitative estimate of drug-likeness (QED) is 0.643. The standard InChI is InChI=1S/C19H24N6O2/c1-4-14(13-10-25(11-13)18(26)5-2)23-15-6-12(7-22-19(15)27)16-8-21-9-17(20-3)24-16/h5-9,13-14,23H,2,4,10-11H2,1,3H3,(H,20,24)(H,22,27). The van der Waals surface area contributed by atoms with Gasteiger partial charge in [0.2, 0.25) is 5.91 Å². The van der Waals surface area contributed by atoms with E-state index >= 15 is 0 Å². The summed E-state index contributed by atoms with van der Waals surface area (Å²) in [5.74, 6) is 0.902. The molecule has 0 radical (unpaired) electrons. The van der Waals surface area contributed by atoms with Crippen LogP contribution < -0.4 is 16.2 Å². The van der Waals surface area contributed by atoms with Gasteiger partial charge in [-0.2, -0.15) is 0 Å². The van der Waals surface area contributed by atoms with Crippen LogP contribution in [0.2, 0.25) is 0 Å². The summed E-state index contributed by atoms with van der Waals surface area (Å²) >= 11 is 0. The maximum atomic E-state index is 12.3. The van der Waals surface area contributed by atoms with Crippen molar-refractivity contribution in [3.05, 3.63) is 47.7 Å². The average molecular weight is 368 g/mol. The van der Waals surface area contributed by atoms with Crippen molar-refractivity contribution in [2.45, 2.75) is 19.4 Å². The number of H-pyrrole nitrogens is 1. The Morgan fingerprint density at radius 2 is 2.26 bits per heavy atom. The van der Waals surface area contributed by atoms with E-state index in [2.05, 4.69) is 39.1 Å². The molecule has 3 heterocycles. The van der Waals surface area contributed by atoms with Crippen LogP contribution in [0.15, 0.2) is 42.1 Å². The van der Waals surface area contributed by atoms with E-state index in [0.717, 1.165) is 12.0 Å². The van der Waals surface area contributed by atoms with Crippen LogP contribution in [0.25, 0.3) is 11.3 Å². The van der Waals surface area contributed by atoms with Gasteiger partial charge in [-0.3, -0.25) is 14.6 Å². The van der Waals surface area contributed by atoms with Crippen molar-refractivity contribution in [2.24, 2.45) is 5.92 Å². The lowest BCUT2D eigenvalue weighted by Gasteiger charge is -2.43. The van der Waals surface area contributed by atoms with Gasteiger partial charge in [-0.05, 0) is 18.6 Å². The molecular formula is C19H24N6O2. The SMILES string of the molecule is C=CC(=O)N1CC(C(CC)Nc2cc(-c3cncc(NC)n3)c[nH]c2=O)C1. The molecule has 1 aliphatic heterocycles. The number of nitrogens with one attached hydrogen (secondary N) is 3. The zero-order valence-electron chi connectivity index (χ0n) is 15.5. The summed E-state index contributed by atoms with van der Waals surface area (Å²) in [7, 11) is 1.78. The van der Waals surface area contributed by atoms with E-state index in [1.807, 2.05) is 0 Å². The van der Waals surface area contributed by atoms with Gasteiger partial charge in [-0.1, -0.05) is 13.5 Å². The smallest absolute Gasteiger partial charge is 0.271 e. The first-order valence-electron chi connectivity index (χ1n) is 8.96. The van der Waals surface area contributed by atoms with Crippen molar-refractivity contribution >= 4 is 17.4 Å². The molecule has 2 aromatic rings. The van der Waals surface area contributed by atoms with E-state index < -0.39 is 0 Å². The molecule has 1 aliphatic rings. The number of likely N-dealkylation sites (tertiary alicyclic amines) is 1. The van der Waals surface area contributed by atoms with Gasteiger partial charge in [0.1, 0.15) is 11.5 Å². The van der Waals surface area contributed by atoms with Crippen molar-refractivity contribution in [1.82, 2.24) is 19.9 Å². The molecule has 0 spiro atoms. The number of pyridine rings is 1. The fraction of sp³-hybridized carbons (Fsp3) is 0.368. The monoisotopic (exact) mass is 368 g/mol. The van der Waals surface area contributed by atoms with Crippen LogP contribution in [0.1, 0.15) is 13.3 Å². The van der Waals surface area contributed by atoms with Gasteiger partial charge >= 0.3 is 0 Å². The zero-order valence-corrected chi connectivity index (χ0v) is 15.5. The molecule has 0 aliphatic carbocycles. The number of nitrogens with zero attached hydrogens (tertiary/aromatic N) is 3. The first-order valence-corrected chi connectivity index (χ1v) is 8.96. The molecule has 8 nitrogen and oxygen atoms in total. The third-order valence-electron chi connectivity index (χ3n) is 4.84. The summed E-state index contributed by atoms with van der Waals surface area (Å²) in [5, 5.41) is 6.30. The molecule has 8 heteroatoms. The van der Waals surface area contributed by atoms with Crippen molar-refractivity contribution in [1.29, 1.82) is 0 Å². The number of aromatic nitrogens is 3. The van der Waals surface area contributed by atoms with Gasteiger partial charge < -0.3 is 20.5 Å². The first kappa shape index (κ1) is 18.6. The molecule has 3 N–H and O–H groups in total. The molecule has 1 atom stereocenters. The molecule has 1 saturated heterocycles. The van der Waals surface area contributed by atoms with E-state index in [1.54, 1.807) is 36.6 Å². The van der Waals surface area contributed by atoms with Crippen molar-refractivity contribution in [3.63, 3.8) is 0 Å². The third kappa shape index (κ3) is 3.99. The number of carbonyl (C=O) groups excluding carboxylic acids is 1. The number of amides is 1. The van der Waals surface area contributed by atoms with Gasteiger partial charge in [0.15, 0.2) is 0 Å². The van der Waals surface area contributed by atoms with Crippen LogP contribution >= 0.6 is 0 Å². The molecule has 2 aromatic heterocycles. The topological polar surface area (TPSA) is 103 Å². The van der Waals surface area contributed by atoms with Gasteiger partial charge in [-0.25, -0.2) is 4.98 Å². The number of aromatic amines is 1. The lowest BCUT2D eigenvalue weighted by Crippen LogP contribution is -2.55. The molecule has 142 valence electrons. The Bertz CT molecular complexity index is 888. The highest BCUT2D eigenvalue weighted by Crippen LogP contribution is 2.25. The number of hydrogen-bond donors (Lipinski definition) is 3. The van der Waals surface area contributed by atoms with Gasteiger partial charge in [0.25, 0.3) is 5.56 Å². The normalized spacial score (nSPS) is 15.0. The van der Waals surface area contributed by atoms with Gasteiger partial charge in [-0.15, -0.1) is 0 Å². The van der Waals surface area contributed by atoms with Crippen LogP contribution in [-0.2, 0) is 4.79 Å². The molecule has 1 fully saturated rings. The Labute approximate surface area is 157 Å². The maximum absolute atomic E-state index is 12.3. The highest BCUT2D eigenvalue weighted by molar-refractivity contribution is 5.87. The molecule has 0 aromatic carbocycles. The average Bonchev–Trinajstić information content (AvgIpc) is 2.67. The summed E-state index contributed by atoms with van der Waals surface area (Å²) in [5.41, 5.74) is 1.74. The zero-order chi connectivity index (χ0) is 19.4. The van der Waals surface area contributed by atoms with Crippen LogP contribution in [0.3, 0.4) is 0 Å². The van der Waals surface area contributed by atoms with E-state index in [0.29, 0.717) is 36.2 Å². The first-order chi connectivity index (χ1) is 13.0. The predicted octanol–water partition coefficient (Wildman–Crippen LogP) is 1.71. The minimum absolute atomic E-state index is 0.0519. The summed E-state index contributed by atoms with van der Waals surface area (Å²) in [4.78, 5) is 37.0. The van der Waals surface area contributed by atoms with E-state index in [9.17, 15) is 9.59 Å². The minimum atomic E-state index is -0.187. The molecular weight excluding hydrogens is 344 g/mol. The Hall–Kier alpha value is -3.16. The highest BCUT2D eigenvalue weighted by atomic mass is 16.2. The van der Waals surface area contributed by atoms with E-state index in [1.165, 1.54) is 6.08 Å². The largest absolute Gasteiger partial charge is 0.377 e. The van der Waals surface area contributed by atoms with Crippen molar-refractivity contribution < 1.29 is 4.79 Å². The maximum Gasteiger partial charge on any atom is 0.271 e. The minimum Gasteiger partial charge on any atom is -0.377 e. The number of rotatable bonds is 7. The third-order valence-corrected chi connectivity index (χ3v) is 4.84. The second-order valence-corrected chi connectivity index (χ2v) is 6.54. The molecule has 1 amide bonds. The number of hydrogen-bond acceptors (Lipinski definition) is 6. The molecule has 27 heavy (non-hydrogen) atoms. The number of carbonyl (C=O) groups is 1. The summed E-state index contributed by atoms with van der Waals surface area (Å²) in [6.45, 7) is 6.92. The predicted molar refractivity (Wildman–Crippen MR) is 106 cm³/mol. The number of anilines is 2. The van der Waals surface area contributed by atoms with E-state index in [-0.39, 0.29) is 17.5 Å². The van der Waals surface area contributed by atoms with Crippen LogP contribution in [0.4, 0.5) is 11.5 Å². The molecule has 3 rings (SSSR count). The summed E-state index contributed by atoms with van der Waals surface area (Å²) in [6.07, 6.45) is 7.10. The summed E-state index contributed by atoms with van der Waals surface area (Å²) in [6, 6.07) is 1.89. The van der Waals surface area contributed by atoms with Crippen LogP contribution in [-0.4, -0.2) is 51.9 Å². The van der Waals surface area contributed by atoms with Crippen molar-refractivity contribution in [3.8, 4) is 11.3 Å². The fourth-order valence-electron chi connectivity index (χ4n) is 3.19. The summed E-state index contributed by atoms with van der Waals surface area (Å²) < 4.78 is 0. The van der Waals surface area contributed by atoms with E-state index in [4.69, 9.17) is 0 Å². The second kappa shape index (κ2) is 8.03. The van der Waals surface area contributed by atoms with Crippen LogP contribution in [0, 0.1) is 5.92 Å². The van der Waals surface area contributed by atoms with Crippen molar-refractivity contribution in [2.75, 3.05) is 30.8 Å². The molecule has 0 saturated carbocycles. The Morgan fingerprint density at radius 3 is 2.93 bits per heavy atom. The molecule has 0 bridgehead atoms. The van der Waals surface area contributed by atoms with Crippen LogP contribution in [0.5, 0.6) is 0 Å². The Morgan fingerprint density at radius 1 is 1.48 bits per heavy atom. The Balaban J connectivity index is 1.77. The molecule has 1 unspecified atom stereocenters. The lowest BCUT2D eigenvalue weighted by atomic mass is 9.89. The fourth-order valence-corrected chi connectivity index (χ4v) is 3.19. The second-order valence-electron chi connectivity index (χ2n) is 6.54. The Kier molecular flexibility index (Phi) is 5.54.